The van der Waals surface area contributed by atoms with Gasteiger partial charge in [-0.05, 0) is 68.7 Å². The number of aliphatic imine (C=N–C) groups is 1. The monoisotopic (exact) mass is 467 g/mol. The summed E-state index contributed by atoms with van der Waals surface area (Å²) in [5.74, 6) is 0.567. The second-order valence-corrected chi connectivity index (χ2v) is 8.64. The molecule has 0 aliphatic carbocycles. The number of hydrogen-bond acceptors (Lipinski definition) is 5. The number of ether oxygens (including phenoxy) is 1. The van der Waals surface area contributed by atoms with E-state index >= 15 is 0 Å². The van der Waals surface area contributed by atoms with Crippen LogP contribution in [0.15, 0.2) is 82.6 Å². The van der Waals surface area contributed by atoms with Gasteiger partial charge in [0.25, 0.3) is 5.56 Å². The Balaban J connectivity index is 1.62. The summed E-state index contributed by atoms with van der Waals surface area (Å²) in [7, 11) is 0. The second kappa shape index (κ2) is 10.1. The molecule has 0 spiro atoms. The first kappa shape index (κ1) is 22.7. The van der Waals surface area contributed by atoms with Crippen molar-refractivity contribution in [2.24, 2.45) is 4.99 Å². The fourth-order valence-electron chi connectivity index (χ4n) is 4.70. The van der Waals surface area contributed by atoms with Crippen LogP contribution in [-0.4, -0.2) is 35.6 Å². The average Bonchev–Trinajstić information content (AvgIpc) is 2.90. The number of piperidine rings is 1. The third-order valence-electron chi connectivity index (χ3n) is 6.42. The molecule has 2 heterocycles. The summed E-state index contributed by atoms with van der Waals surface area (Å²) in [6.45, 7) is 4.51. The molecule has 1 aliphatic heterocycles. The van der Waals surface area contributed by atoms with E-state index in [1.807, 2.05) is 43.3 Å². The first-order valence-corrected chi connectivity index (χ1v) is 12.2. The van der Waals surface area contributed by atoms with E-state index in [4.69, 9.17) is 9.73 Å². The number of fused-ring (bicyclic) bond motifs is 1. The Hall–Kier alpha value is -4.06. The molecular formula is C29H29N3O3. The van der Waals surface area contributed by atoms with Crippen molar-refractivity contribution in [1.29, 1.82) is 0 Å². The number of aromatic nitrogens is 1. The highest BCUT2D eigenvalue weighted by Crippen LogP contribution is 2.32. The lowest BCUT2D eigenvalue weighted by Gasteiger charge is -2.29. The van der Waals surface area contributed by atoms with E-state index in [0.717, 1.165) is 24.5 Å². The summed E-state index contributed by atoms with van der Waals surface area (Å²) in [5, 5.41) is 12.5. The SMILES string of the molecule is CCOc1ccc(-n2c(O)c(C=Nc3ccccc3N3CCCCC3)c3ccccc3c2=O)cc1. The zero-order chi connectivity index (χ0) is 24.2. The molecular weight excluding hydrogens is 438 g/mol. The highest BCUT2D eigenvalue weighted by atomic mass is 16.5. The van der Waals surface area contributed by atoms with E-state index in [-0.39, 0.29) is 11.4 Å². The third kappa shape index (κ3) is 4.52. The number of anilines is 1. The lowest BCUT2D eigenvalue weighted by molar-refractivity contribution is 0.340. The van der Waals surface area contributed by atoms with Gasteiger partial charge in [0.2, 0.25) is 5.88 Å². The first-order valence-electron chi connectivity index (χ1n) is 12.2. The molecule has 4 aromatic rings. The van der Waals surface area contributed by atoms with Crippen molar-refractivity contribution in [1.82, 2.24) is 4.57 Å². The predicted molar refractivity (Wildman–Crippen MR) is 142 cm³/mol. The van der Waals surface area contributed by atoms with Gasteiger partial charge in [0.15, 0.2) is 0 Å². The largest absolute Gasteiger partial charge is 0.494 e. The van der Waals surface area contributed by atoms with Gasteiger partial charge in [-0.1, -0.05) is 30.3 Å². The Kier molecular flexibility index (Phi) is 6.53. The Morgan fingerprint density at radius 1 is 0.914 bits per heavy atom. The van der Waals surface area contributed by atoms with Gasteiger partial charge in [0.05, 0.1) is 29.2 Å². The first-order chi connectivity index (χ1) is 17.2. The van der Waals surface area contributed by atoms with Gasteiger partial charge in [-0.25, -0.2) is 4.57 Å². The highest BCUT2D eigenvalue weighted by molar-refractivity contribution is 6.02. The molecule has 6 nitrogen and oxygen atoms in total. The van der Waals surface area contributed by atoms with Crippen molar-refractivity contribution >= 4 is 28.4 Å². The van der Waals surface area contributed by atoms with E-state index in [9.17, 15) is 9.90 Å². The smallest absolute Gasteiger partial charge is 0.265 e. The molecule has 0 unspecified atom stereocenters. The maximum Gasteiger partial charge on any atom is 0.265 e. The van der Waals surface area contributed by atoms with Gasteiger partial charge in [0, 0.05) is 30.1 Å². The summed E-state index contributed by atoms with van der Waals surface area (Å²) < 4.78 is 6.85. The maximum atomic E-state index is 13.4. The van der Waals surface area contributed by atoms with E-state index in [1.165, 1.54) is 23.8 Å². The Morgan fingerprint density at radius 3 is 2.34 bits per heavy atom. The molecule has 0 atom stereocenters. The van der Waals surface area contributed by atoms with E-state index in [0.29, 0.717) is 34.4 Å². The zero-order valence-electron chi connectivity index (χ0n) is 19.9. The van der Waals surface area contributed by atoms with Crippen LogP contribution in [0.25, 0.3) is 16.5 Å². The summed E-state index contributed by atoms with van der Waals surface area (Å²) in [5.41, 5.74) is 2.71. The van der Waals surface area contributed by atoms with Crippen molar-refractivity contribution in [3.8, 4) is 17.3 Å². The van der Waals surface area contributed by atoms with Crippen LogP contribution in [0, 0.1) is 0 Å². The fraction of sp³-hybridized carbons (Fsp3) is 0.241. The number of nitrogens with zero attached hydrogens (tertiary/aromatic N) is 3. The molecule has 1 fully saturated rings. The van der Waals surface area contributed by atoms with E-state index in [2.05, 4.69) is 11.0 Å². The molecule has 1 aromatic heterocycles. The molecule has 1 N–H and O–H groups in total. The number of pyridine rings is 1. The maximum absolute atomic E-state index is 13.4. The molecule has 0 radical (unpaired) electrons. The quantitative estimate of drug-likeness (QED) is 0.362. The van der Waals surface area contributed by atoms with Crippen LogP contribution in [0.2, 0.25) is 0 Å². The predicted octanol–water partition coefficient (Wildman–Crippen LogP) is 5.84. The summed E-state index contributed by atoms with van der Waals surface area (Å²) >= 11 is 0. The fourth-order valence-corrected chi connectivity index (χ4v) is 4.70. The minimum atomic E-state index is -0.284. The molecule has 0 saturated carbocycles. The molecule has 5 rings (SSSR count). The standard InChI is InChI=1S/C29H29N3O3/c1-2-35-22-16-14-21(15-17-22)32-28(33)24-11-5-4-10-23(24)25(29(32)34)20-30-26-12-6-7-13-27(26)31-18-8-3-9-19-31/h4-7,10-17,20,34H,2-3,8-9,18-19H2,1H3. The van der Waals surface area contributed by atoms with Crippen molar-refractivity contribution in [3.63, 3.8) is 0 Å². The van der Waals surface area contributed by atoms with Crippen LogP contribution >= 0.6 is 0 Å². The van der Waals surface area contributed by atoms with Crippen LogP contribution in [-0.2, 0) is 0 Å². The molecule has 1 saturated heterocycles. The Labute approximate surface area is 204 Å². The number of para-hydroxylation sites is 2. The van der Waals surface area contributed by atoms with Gasteiger partial charge in [-0.15, -0.1) is 0 Å². The lowest BCUT2D eigenvalue weighted by Crippen LogP contribution is -2.29. The molecule has 0 bridgehead atoms. The van der Waals surface area contributed by atoms with Gasteiger partial charge in [-0.2, -0.15) is 0 Å². The number of hydrogen-bond donors (Lipinski definition) is 1. The molecule has 6 heteroatoms. The molecule has 35 heavy (non-hydrogen) atoms. The van der Waals surface area contributed by atoms with Gasteiger partial charge < -0.3 is 14.7 Å². The normalized spacial score (nSPS) is 14.0. The second-order valence-electron chi connectivity index (χ2n) is 8.64. The third-order valence-corrected chi connectivity index (χ3v) is 6.42. The molecule has 3 aromatic carbocycles. The van der Waals surface area contributed by atoms with Crippen molar-refractivity contribution < 1.29 is 9.84 Å². The van der Waals surface area contributed by atoms with Crippen LogP contribution in [0.4, 0.5) is 11.4 Å². The van der Waals surface area contributed by atoms with Crippen molar-refractivity contribution in [2.45, 2.75) is 26.2 Å². The van der Waals surface area contributed by atoms with Gasteiger partial charge >= 0.3 is 0 Å². The van der Waals surface area contributed by atoms with Crippen LogP contribution in [0.3, 0.4) is 0 Å². The number of aromatic hydroxyl groups is 1. The number of benzene rings is 3. The summed E-state index contributed by atoms with van der Waals surface area (Å²) in [6.07, 6.45) is 5.28. The summed E-state index contributed by atoms with van der Waals surface area (Å²) in [4.78, 5) is 20.5. The Bertz CT molecular complexity index is 1420. The molecule has 178 valence electrons. The zero-order valence-corrected chi connectivity index (χ0v) is 19.9. The summed E-state index contributed by atoms with van der Waals surface area (Å²) in [6, 6.07) is 22.5. The average molecular weight is 468 g/mol. The molecule has 0 amide bonds. The topological polar surface area (TPSA) is 67.1 Å². The Morgan fingerprint density at radius 2 is 1.60 bits per heavy atom. The van der Waals surface area contributed by atoms with E-state index < -0.39 is 0 Å². The minimum absolute atomic E-state index is 0.142. The van der Waals surface area contributed by atoms with Crippen LogP contribution in [0.5, 0.6) is 11.6 Å². The minimum Gasteiger partial charge on any atom is -0.494 e. The lowest BCUT2D eigenvalue weighted by atomic mass is 10.1. The molecule has 1 aliphatic rings. The van der Waals surface area contributed by atoms with Gasteiger partial charge in [0.1, 0.15) is 5.75 Å². The van der Waals surface area contributed by atoms with E-state index in [1.54, 1.807) is 36.5 Å². The van der Waals surface area contributed by atoms with Crippen molar-refractivity contribution in [2.75, 3.05) is 24.6 Å². The van der Waals surface area contributed by atoms with Crippen molar-refractivity contribution in [3.05, 3.63) is 88.7 Å². The van der Waals surface area contributed by atoms with Gasteiger partial charge in [-0.3, -0.25) is 9.79 Å². The van der Waals surface area contributed by atoms with Crippen LogP contribution < -0.4 is 15.2 Å². The highest BCUT2D eigenvalue weighted by Gasteiger charge is 2.17. The number of rotatable bonds is 6. The van der Waals surface area contributed by atoms with Crippen LogP contribution in [0.1, 0.15) is 31.7 Å².